The van der Waals surface area contributed by atoms with Crippen molar-refractivity contribution < 1.29 is 13.2 Å². The molecule has 1 amide bonds. The highest BCUT2D eigenvalue weighted by Crippen LogP contribution is 2.30. The summed E-state index contributed by atoms with van der Waals surface area (Å²) in [5.41, 5.74) is 0.579. The van der Waals surface area contributed by atoms with Gasteiger partial charge in [0.05, 0.1) is 22.1 Å². The number of anilines is 1. The summed E-state index contributed by atoms with van der Waals surface area (Å²) < 4.78 is 22.6. The average Bonchev–Trinajstić information content (AvgIpc) is 2.61. The second-order valence-corrected chi connectivity index (χ2v) is 8.28. The third-order valence-electron chi connectivity index (χ3n) is 2.73. The Hall–Kier alpha value is -0.370. The van der Waals surface area contributed by atoms with Crippen molar-refractivity contribution in [2.45, 2.75) is 6.42 Å². The first-order chi connectivity index (χ1) is 8.76. The maximum atomic E-state index is 11.9. The van der Waals surface area contributed by atoms with E-state index in [1.54, 1.807) is 6.07 Å². The zero-order chi connectivity index (χ0) is 14.2. The molecular formula is C10H9BrCl2N2O3S. The van der Waals surface area contributed by atoms with Gasteiger partial charge in [-0.25, -0.2) is 13.4 Å². The lowest BCUT2D eigenvalue weighted by Crippen LogP contribution is -2.25. The van der Waals surface area contributed by atoms with Gasteiger partial charge in [0.15, 0.2) is 0 Å². The SMILES string of the molecule is O=C1CC(CS(=O)(=O)Cl)CN1c1cnc(Cl)c(Br)c1. The Bertz CT molecular complexity index is 623. The summed E-state index contributed by atoms with van der Waals surface area (Å²) in [6.45, 7) is 0.306. The number of nitrogens with zero attached hydrogens (tertiary/aromatic N) is 2. The Labute approximate surface area is 128 Å². The van der Waals surface area contributed by atoms with E-state index in [1.807, 2.05) is 0 Å². The molecule has 1 saturated heterocycles. The van der Waals surface area contributed by atoms with Gasteiger partial charge in [-0.05, 0) is 22.0 Å². The van der Waals surface area contributed by atoms with E-state index in [9.17, 15) is 13.2 Å². The van der Waals surface area contributed by atoms with Crippen molar-refractivity contribution in [3.63, 3.8) is 0 Å². The lowest BCUT2D eigenvalue weighted by Gasteiger charge is -2.16. The summed E-state index contributed by atoms with van der Waals surface area (Å²) in [5, 5.41) is 0.301. The molecule has 1 aromatic heterocycles. The van der Waals surface area contributed by atoms with Gasteiger partial charge in [-0.1, -0.05) is 11.6 Å². The van der Waals surface area contributed by atoms with Crippen molar-refractivity contribution in [2.75, 3.05) is 17.2 Å². The van der Waals surface area contributed by atoms with Crippen LogP contribution in [0.2, 0.25) is 5.15 Å². The Kier molecular flexibility index (Phi) is 4.39. The Morgan fingerprint density at radius 1 is 1.53 bits per heavy atom. The summed E-state index contributed by atoms with van der Waals surface area (Å²) in [7, 11) is 1.60. The molecule has 1 fully saturated rings. The Morgan fingerprint density at radius 2 is 2.21 bits per heavy atom. The first kappa shape index (κ1) is 15.0. The van der Waals surface area contributed by atoms with E-state index in [-0.39, 0.29) is 24.0 Å². The van der Waals surface area contributed by atoms with Gasteiger partial charge in [0.2, 0.25) is 15.0 Å². The third-order valence-corrected chi connectivity index (χ3v) is 5.11. The second-order valence-electron chi connectivity index (χ2n) is 4.25. The van der Waals surface area contributed by atoms with Crippen LogP contribution in [0, 0.1) is 5.92 Å². The minimum Gasteiger partial charge on any atom is -0.311 e. The zero-order valence-electron chi connectivity index (χ0n) is 9.51. The highest BCUT2D eigenvalue weighted by molar-refractivity contribution is 9.10. The monoisotopic (exact) mass is 386 g/mol. The molecule has 5 nitrogen and oxygen atoms in total. The topological polar surface area (TPSA) is 67.3 Å². The van der Waals surface area contributed by atoms with Crippen LogP contribution in [0.4, 0.5) is 5.69 Å². The van der Waals surface area contributed by atoms with E-state index in [0.29, 0.717) is 21.9 Å². The number of amides is 1. The molecule has 0 bridgehead atoms. The number of rotatable bonds is 3. The van der Waals surface area contributed by atoms with Crippen molar-refractivity contribution in [1.82, 2.24) is 4.98 Å². The maximum absolute atomic E-state index is 11.9. The summed E-state index contributed by atoms with van der Waals surface area (Å²) in [6.07, 6.45) is 1.63. The third kappa shape index (κ3) is 3.81. The van der Waals surface area contributed by atoms with Crippen LogP contribution < -0.4 is 4.90 Å². The Morgan fingerprint density at radius 3 is 2.79 bits per heavy atom. The van der Waals surface area contributed by atoms with Crippen molar-refractivity contribution in [1.29, 1.82) is 0 Å². The number of pyridine rings is 1. The van der Waals surface area contributed by atoms with Crippen molar-refractivity contribution in [2.24, 2.45) is 5.92 Å². The molecule has 2 heterocycles. The molecule has 2 rings (SSSR count). The van der Waals surface area contributed by atoms with E-state index in [4.69, 9.17) is 22.3 Å². The second kappa shape index (κ2) is 5.55. The molecular weight excluding hydrogens is 379 g/mol. The predicted molar refractivity (Wildman–Crippen MR) is 77.0 cm³/mol. The summed E-state index contributed by atoms with van der Waals surface area (Å²) in [5.74, 6) is -0.662. The molecule has 19 heavy (non-hydrogen) atoms. The molecule has 1 atom stereocenters. The van der Waals surface area contributed by atoms with E-state index in [2.05, 4.69) is 20.9 Å². The van der Waals surface area contributed by atoms with Gasteiger partial charge >= 0.3 is 0 Å². The number of aromatic nitrogens is 1. The van der Waals surface area contributed by atoms with E-state index in [0.717, 1.165) is 0 Å². The fourth-order valence-electron chi connectivity index (χ4n) is 1.98. The molecule has 1 aliphatic rings. The normalized spacial score (nSPS) is 20.1. The highest BCUT2D eigenvalue weighted by Gasteiger charge is 2.33. The summed E-state index contributed by atoms with van der Waals surface area (Å²) in [6, 6.07) is 1.67. The molecule has 0 radical (unpaired) electrons. The quantitative estimate of drug-likeness (QED) is 0.590. The number of hydrogen-bond acceptors (Lipinski definition) is 4. The Balaban J connectivity index is 2.18. The van der Waals surface area contributed by atoms with Gasteiger partial charge in [-0.2, -0.15) is 0 Å². The van der Waals surface area contributed by atoms with Crippen LogP contribution in [-0.2, 0) is 13.8 Å². The van der Waals surface area contributed by atoms with Crippen LogP contribution in [-0.4, -0.2) is 31.6 Å². The zero-order valence-corrected chi connectivity index (χ0v) is 13.4. The lowest BCUT2D eigenvalue weighted by molar-refractivity contribution is -0.117. The van der Waals surface area contributed by atoms with Crippen LogP contribution >= 0.6 is 38.2 Å². The first-order valence-corrected chi connectivity index (χ1v) is 8.95. The molecule has 0 aliphatic carbocycles. The molecule has 104 valence electrons. The molecule has 0 saturated carbocycles. The summed E-state index contributed by atoms with van der Waals surface area (Å²) in [4.78, 5) is 17.3. The molecule has 1 unspecified atom stereocenters. The molecule has 0 aromatic carbocycles. The number of hydrogen-bond donors (Lipinski definition) is 0. The molecule has 1 aromatic rings. The average molecular weight is 388 g/mol. The fraction of sp³-hybridized carbons (Fsp3) is 0.400. The number of carbonyl (C=O) groups is 1. The lowest BCUT2D eigenvalue weighted by atomic mass is 10.1. The van der Waals surface area contributed by atoms with Gasteiger partial charge in [-0.15, -0.1) is 0 Å². The summed E-state index contributed by atoms with van der Waals surface area (Å²) >= 11 is 9.01. The van der Waals surface area contributed by atoms with Crippen molar-refractivity contribution in [3.8, 4) is 0 Å². The fourth-order valence-corrected chi connectivity index (χ4v) is 3.74. The van der Waals surface area contributed by atoms with Gasteiger partial charge in [0.25, 0.3) is 0 Å². The first-order valence-electron chi connectivity index (χ1n) is 5.30. The van der Waals surface area contributed by atoms with Crippen LogP contribution in [0.25, 0.3) is 0 Å². The van der Waals surface area contributed by atoms with Gasteiger partial charge in [0.1, 0.15) is 5.15 Å². The number of halogens is 3. The van der Waals surface area contributed by atoms with E-state index >= 15 is 0 Å². The molecule has 0 spiro atoms. The minimum atomic E-state index is -3.60. The maximum Gasteiger partial charge on any atom is 0.232 e. The standard InChI is InChI=1S/C10H9BrCl2N2O3S/c11-8-2-7(3-14-10(8)12)15-4-6(1-9(15)16)5-19(13,17)18/h2-3,6H,1,4-5H2. The predicted octanol–water partition coefficient (Wildman–Crippen LogP) is 2.42. The molecule has 0 N–H and O–H groups in total. The van der Waals surface area contributed by atoms with E-state index in [1.165, 1.54) is 11.1 Å². The molecule has 1 aliphatic heterocycles. The number of carbonyl (C=O) groups excluding carboxylic acids is 1. The smallest absolute Gasteiger partial charge is 0.232 e. The van der Waals surface area contributed by atoms with Crippen molar-refractivity contribution >= 4 is 58.9 Å². The molecule has 9 heteroatoms. The van der Waals surface area contributed by atoms with Crippen LogP contribution in [0.5, 0.6) is 0 Å². The van der Waals surface area contributed by atoms with Gasteiger partial charge in [0, 0.05) is 29.6 Å². The minimum absolute atomic E-state index is 0.152. The van der Waals surface area contributed by atoms with Crippen LogP contribution in [0.3, 0.4) is 0 Å². The van der Waals surface area contributed by atoms with Crippen LogP contribution in [0.1, 0.15) is 6.42 Å². The largest absolute Gasteiger partial charge is 0.311 e. The van der Waals surface area contributed by atoms with Gasteiger partial charge < -0.3 is 4.90 Å². The van der Waals surface area contributed by atoms with E-state index < -0.39 is 9.05 Å². The highest BCUT2D eigenvalue weighted by atomic mass is 79.9. The van der Waals surface area contributed by atoms with Gasteiger partial charge in [-0.3, -0.25) is 4.79 Å². The van der Waals surface area contributed by atoms with Crippen molar-refractivity contribution in [3.05, 3.63) is 21.9 Å². The van der Waals surface area contributed by atoms with Crippen LogP contribution in [0.15, 0.2) is 16.7 Å².